The molecule has 2 heterocycles. The van der Waals surface area contributed by atoms with Gasteiger partial charge in [0.15, 0.2) is 0 Å². The number of rotatable bonds is 5. The second-order valence-electron chi connectivity index (χ2n) is 6.91. The van der Waals surface area contributed by atoms with Gasteiger partial charge in [0.05, 0.1) is 28.1 Å². The summed E-state index contributed by atoms with van der Waals surface area (Å²) in [5.74, 6) is 0.0612. The molecule has 0 saturated carbocycles. The van der Waals surface area contributed by atoms with E-state index in [1.165, 1.54) is 21.2 Å². The fourth-order valence-corrected chi connectivity index (χ4v) is 5.59. The van der Waals surface area contributed by atoms with E-state index in [0.29, 0.717) is 13.0 Å². The third-order valence-electron chi connectivity index (χ3n) is 4.80. The van der Waals surface area contributed by atoms with Crippen LogP contribution in [0.2, 0.25) is 0 Å². The zero-order valence-electron chi connectivity index (χ0n) is 16.2. The number of carbonyl (C=O) groups is 1. The van der Waals surface area contributed by atoms with Crippen molar-refractivity contribution in [2.24, 2.45) is 0 Å². The number of fused-ring (bicyclic) bond motifs is 2. The third kappa shape index (κ3) is 3.80. The van der Waals surface area contributed by atoms with E-state index in [4.69, 9.17) is 0 Å². The van der Waals surface area contributed by atoms with Gasteiger partial charge in [-0.25, -0.2) is 4.98 Å². The van der Waals surface area contributed by atoms with Gasteiger partial charge in [0, 0.05) is 27.6 Å². The summed E-state index contributed by atoms with van der Waals surface area (Å²) < 4.78 is 0. The molecule has 0 saturated heterocycles. The molecule has 3 aromatic rings. The van der Waals surface area contributed by atoms with Crippen LogP contribution in [-0.4, -0.2) is 17.4 Å². The van der Waals surface area contributed by atoms with Crippen LogP contribution in [0.25, 0.3) is 0 Å². The molecule has 0 unspecified atom stereocenters. The predicted octanol–water partition coefficient (Wildman–Crippen LogP) is 5.63. The normalized spacial score (nSPS) is 13.6. The molecule has 0 radical (unpaired) electrons. The quantitative estimate of drug-likeness (QED) is 0.593. The molecule has 1 amide bonds. The molecule has 0 aliphatic carbocycles. The van der Waals surface area contributed by atoms with E-state index in [-0.39, 0.29) is 11.9 Å². The second-order valence-corrected chi connectivity index (χ2v) is 9.23. The molecule has 6 heteroatoms. The van der Waals surface area contributed by atoms with E-state index in [1.54, 1.807) is 23.1 Å². The van der Waals surface area contributed by atoms with Crippen molar-refractivity contribution in [2.45, 2.75) is 43.0 Å². The molecule has 0 fully saturated rings. The monoisotopic (exact) mass is 409 g/mol. The van der Waals surface area contributed by atoms with Gasteiger partial charge < -0.3 is 10.2 Å². The van der Waals surface area contributed by atoms with Gasteiger partial charge in [-0.05, 0) is 45.0 Å². The van der Waals surface area contributed by atoms with Crippen molar-refractivity contribution < 1.29 is 4.79 Å². The molecule has 0 spiro atoms. The number of nitrogens with zero attached hydrogens (tertiary/aromatic N) is 2. The van der Waals surface area contributed by atoms with Gasteiger partial charge in [-0.15, -0.1) is 11.3 Å². The van der Waals surface area contributed by atoms with Crippen molar-refractivity contribution in [2.75, 3.05) is 11.4 Å². The standard InChI is InChI=1S/C22H23N3OS2/c1-14-22(27-16(3)23-14)15(2)24-21(26)12-13-25-17-8-4-6-10-19(17)28-20-11-7-5-9-18(20)25/h4-11,15H,12-13H2,1-3H3,(H,24,26)/t15-/m0/s1. The Morgan fingerprint density at radius 2 is 1.68 bits per heavy atom. The second kappa shape index (κ2) is 7.97. The Balaban J connectivity index is 1.47. The summed E-state index contributed by atoms with van der Waals surface area (Å²) in [5.41, 5.74) is 3.34. The summed E-state index contributed by atoms with van der Waals surface area (Å²) >= 11 is 3.44. The van der Waals surface area contributed by atoms with Crippen molar-refractivity contribution >= 4 is 40.4 Å². The minimum absolute atomic E-state index is 0.0183. The molecule has 4 nitrogen and oxygen atoms in total. The topological polar surface area (TPSA) is 45.2 Å². The number of hydrogen-bond acceptors (Lipinski definition) is 5. The number of nitrogens with one attached hydrogen (secondary N) is 1. The molecule has 144 valence electrons. The molecular formula is C22H23N3OS2. The maximum Gasteiger partial charge on any atom is 0.222 e. The van der Waals surface area contributed by atoms with Crippen LogP contribution in [0, 0.1) is 13.8 Å². The van der Waals surface area contributed by atoms with Crippen molar-refractivity contribution in [1.82, 2.24) is 10.3 Å². The lowest BCUT2D eigenvalue weighted by molar-refractivity contribution is -0.121. The average molecular weight is 410 g/mol. The number of thiazole rings is 1. The maximum atomic E-state index is 12.7. The lowest BCUT2D eigenvalue weighted by Crippen LogP contribution is -2.31. The van der Waals surface area contributed by atoms with Gasteiger partial charge in [0.25, 0.3) is 0 Å². The number of hydrogen-bond donors (Lipinski definition) is 1. The van der Waals surface area contributed by atoms with E-state index in [0.717, 1.165) is 15.6 Å². The van der Waals surface area contributed by atoms with Crippen LogP contribution < -0.4 is 10.2 Å². The number of aromatic nitrogens is 1. The minimum Gasteiger partial charge on any atom is -0.349 e. The highest BCUT2D eigenvalue weighted by Crippen LogP contribution is 2.47. The number of carbonyl (C=O) groups excluding carboxylic acids is 1. The van der Waals surface area contributed by atoms with Gasteiger partial charge in [0.1, 0.15) is 0 Å². The summed E-state index contributed by atoms with van der Waals surface area (Å²) in [6, 6.07) is 16.7. The van der Waals surface area contributed by atoms with Crippen LogP contribution in [0.5, 0.6) is 0 Å². The SMILES string of the molecule is Cc1nc(C)c([C@H](C)NC(=O)CCN2c3ccccc3Sc3ccccc32)s1. The van der Waals surface area contributed by atoms with Gasteiger partial charge in [-0.1, -0.05) is 36.0 Å². The van der Waals surface area contributed by atoms with Gasteiger partial charge in [-0.2, -0.15) is 0 Å². The first kappa shape index (κ1) is 19.0. The minimum atomic E-state index is -0.0183. The van der Waals surface area contributed by atoms with Crippen molar-refractivity contribution in [3.05, 3.63) is 64.1 Å². The Kier molecular flexibility index (Phi) is 5.42. The number of benzene rings is 2. The van der Waals surface area contributed by atoms with Crippen LogP contribution in [0.4, 0.5) is 11.4 Å². The molecule has 1 atom stereocenters. The maximum absolute atomic E-state index is 12.7. The first-order valence-corrected chi connectivity index (χ1v) is 11.0. The highest BCUT2D eigenvalue weighted by atomic mass is 32.2. The molecule has 1 aliphatic rings. The van der Waals surface area contributed by atoms with Crippen molar-refractivity contribution in [3.63, 3.8) is 0 Å². The zero-order valence-corrected chi connectivity index (χ0v) is 17.9. The first-order chi connectivity index (χ1) is 13.5. The number of amides is 1. The first-order valence-electron chi connectivity index (χ1n) is 9.39. The molecule has 0 bridgehead atoms. The van der Waals surface area contributed by atoms with Crippen LogP contribution in [0.1, 0.15) is 35.0 Å². The van der Waals surface area contributed by atoms with Gasteiger partial charge >= 0.3 is 0 Å². The van der Waals surface area contributed by atoms with Crippen LogP contribution in [0.15, 0.2) is 58.3 Å². The number of para-hydroxylation sites is 2. The van der Waals surface area contributed by atoms with Gasteiger partial charge in [0.2, 0.25) is 5.91 Å². The Hall–Kier alpha value is -2.31. The lowest BCUT2D eigenvalue weighted by atomic mass is 10.2. The zero-order chi connectivity index (χ0) is 19.7. The predicted molar refractivity (Wildman–Crippen MR) is 117 cm³/mol. The average Bonchev–Trinajstić information content (AvgIpc) is 3.03. The summed E-state index contributed by atoms with van der Waals surface area (Å²) in [5, 5.41) is 4.17. The number of aryl methyl sites for hydroxylation is 2. The molecule has 2 aromatic carbocycles. The Morgan fingerprint density at radius 3 is 2.25 bits per heavy atom. The van der Waals surface area contributed by atoms with E-state index in [2.05, 4.69) is 63.7 Å². The fraction of sp³-hybridized carbons (Fsp3) is 0.273. The summed E-state index contributed by atoms with van der Waals surface area (Å²) in [4.78, 5) is 23.0. The van der Waals surface area contributed by atoms with Gasteiger partial charge in [-0.3, -0.25) is 4.79 Å². The lowest BCUT2D eigenvalue weighted by Gasteiger charge is -2.32. The smallest absolute Gasteiger partial charge is 0.222 e. The van der Waals surface area contributed by atoms with Crippen LogP contribution in [-0.2, 0) is 4.79 Å². The highest BCUT2D eigenvalue weighted by molar-refractivity contribution is 7.99. The molecule has 1 N–H and O–H groups in total. The highest BCUT2D eigenvalue weighted by Gasteiger charge is 2.23. The fourth-order valence-electron chi connectivity index (χ4n) is 3.56. The molecule has 4 rings (SSSR count). The van der Waals surface area contributed by atoms with E-state index < -0.39 is 0 Å². The van der Waals surface area contributed by atoms with E-state index in [9.17, 15) is 4.79 Å². The number of anilines is 2. The van der Waals surface area contributed by atoms with Crippen LogP contribution in [0.3, 0.4) is 0 Å². The largest absolute Gasteiger partial charge is 0.349 e. The summed E-state index contributed by atoms with van der Waals surface area (Å²) in [6.45, 7) is 6.67. The molecule has 1 aromatic heterocycles. The van der Waals surface area contributed by atoms with Crippen LogP contribution >= 0.6 is 23.1 Å². The summed E-state index contributed by atoms with van der Waals surface area (Å²) in [6.07, 6.45) is 0.439. The Labute approximate surface area is 174 Å². The molecule has 1 aliphatic heterocycles. The molecule has 28 heavy (non-hydrogen) atoms. The van der Waals surface area contributed by atoms with Crippen molar-refractivity contribution in [3.8, 4) is 0 Å². The van der Waals surface area contributed by atoms with E-state index in [1.807, 2.05) is 20.8 Å². The molecular weight excluding hydrogens is 386 g/mol. The Bertz CT molecular complexity index is 969. The summed E-state index contributed by atoms with van der Waals surface area (Å²) in [7, 11) is 0. The van der Waals surface area contributed by atoms with Crippen molar-refractivity contribution in [1.29, 1.82) is 0 Å². The van der Waals surface area contributed by atoms with E-state index >= 15 is 0 Å². The Morgan fingerprint density at radius 1 is 1.07 bits per heavy atom. The third-order valence-corrected chi connectivity index (χ3v) is 7.19.